The van der Waals surface area contributed by atoms with Crippen molar-refractivity contribution < 1.29 is 14.3 Å². The van der Waals surface area contributed by atoms with Gasteiger partial charge in [0, 0.05) is 19.0 Å². The number of fused-ring (bicyclic) bond motifs is 1. The van der Waals surface area contributed by atoms with Crippen molar-refractivity contribution in [3.8, 4) is 5.75 Å². The van der Waals surface area contributed by atoms with Crippen molar-refractivity contribution in [1.82, 2.24) is 9.88 Å². The normalized spacial score (nSPS) is 18.5. The van der Waals surface area contributed by atoms with E-state index in [2.05, 4.69) is 0 Å². The first kappa shape index (κ1) is 20.9. The number of thiazole rings is 1. The van der Waals surface area contributed by atoms with Crippen LogP contribution in [-0.4, -0.2) is 41.4 Å². The van der Waals surface area contributed by atoms with E-state index in [1.54, 1.807) is 4.90 Å². The molecule has 2 heterocycles. The molecule has 2 aliphatic rings. The minimum atomic E-state index is -0.231. The number of rotatable bonds is 6. The minimum Gasteiger partial charge on any atom is -0.494 e. The molecule has 2 amide bonds. The summed E-state index contributed by atoms with van der Waals surface area (Å²) in [5.41, 5.74) is 1.65. The Morgan fingerprint density at radius 1 is 1.09 bits per heavy atom. The van der Waals surface area contributed by atoms with Gasteiger partial charge in [-0.1, -0.05) is 23.5 Å². The van der Waals surface area contributed by atoms with Crippen molar-refractivity contribution in [3.63, 3.8) is 0 Å². The predicted molar refractivity (Wildman–Crippen MR) is 126 cm³/mol. The van der Waals surface area contributed by atoms with Crippen LogP contribution in [0.3, 0.4) is 0 Å². The number of likely N-dealkylation sites (tertiary alicyclic amines) is 1. The molecule has 0 bridgehead atoms. The summed E-state index contributed by atoms with van der Waals surface area (Å²) >= 11 is 1.51. The highest BCUT2D eigenvalue weighted by atomic mass is 32.1. The molecule has 1 saturated carbocycles. The molecule has 1 aromatic heterocycles. The maximum absolute atomic E-state index is 13.9. The number of aromatic nitrogens is 1. The molecule has 2 fully saturated rings. The van der Waals surface area contributed by atoms with Gasteiger partial charge in [-0.15, -0.1) is 0 Å². The summed E-state index contributed by atoms with van der Waals surface area (Å²) in [6.07, 6.45) is 3.60. The number of hydrogen-bond acceptors (Lipinski definition) is 5. The van der Waals surface area contributed by atoms with E-state index in [1.165, 1.54) is 11.3 Å². The van der Waals surface area contributed by atoms with Crippen molar-refractivity contribution in [2.45, 2.75) is 32.6 Å². The summed E-state index contributed by atoms with van der Waals surface area (Å²) < 4.78 is 6.62. The van der Waals surface area contributed by atoms with E-state index >= 15 is 0 Å². The highest BCUT2D eigenvalue weighted by Crippen LogP contribution is 2.37. The van der Waals surface area contributed by atoms with Gasteiger partial charge in [0.15, 0.2) is 5.13 Å². The minimum absolute atomic E-state index is 0.00140. The second-order valence-electron chi connectivity index (χ2n) is 8.46. The van der Waals surface area contributed by atoms with Crippen molar-refractivity contribution in [2.75, 3.05) is 24.6 Å². The predicted octanol–water partition coefficient (Wildman–Crippen LogP) is 5.01. The second-order valence-corrected chi connectivity index (χ2v) is 9.47. The van der Waals surface area contributed by atoms with Crippen LogP contribution in [0.1, 0.15) is 32.6 Å². The smallest absolute Gasteiger partial charge is 0.238 e. The van der Waals surface area contributed by atoms with Crippen molar-refractivity contribution in [2.24, 2.45) is 11.8 Å². The maximum Gasteiger partial charge on any atom is 0.238 e. The third-order valence-electron chi connectivity index (χ3n) is 6.11. The Hall–Kier alpha value is -2.93. The Bertz CT molecular complexity index is 1090. The fourth-order valence-electron chi connectivity index (χ4n) is 4.30. The molecular weight excluding hydrogens is 422 g/mol. The lowest BCUT2D eigenvalue weighted by atomic mass is 9.96. The van der Waals surface area contributed by atoms with Gasteiger partial charge in [0.05, 0.1) is 28.4 Å². The van der Waals surface area contributed by atoms with E-state index in [0.29, 0.717) is 18.3 Å². The summed E-state index contributed by atoms with van der Waals surface area (Å²) in [5.74, 6) is 0.934. The number of piperidine rings is 1. The summed E-state index contributed by atoms with van der Waals surface area (Å²) in [5, 5.41) is 0.658. The van der Waals surface area contributed by atoms with E-state index in [0.717, 1.165) is 53.9 Å². The van der Waals surface area contributed by atoms with Crippen LogP contribution in [0.5, 0.6) is 5.75 Å². The first-order chi connectivity index (χ1) is 15.6. The molecule has 6 nitrogen and oxygen atoms in total. The number of ether oxygens (including phenoxy) is 1. The summed E-state index contributed by atoms with van der Waals surface area (Å²) in [4.78, 5) is 34.9. The largest absolute Gasteiger partial charge is 0.494 e. The van der Waals surface area contributed by atoms with Crippen molar-refractivity contribution in [3.05, 3.63) is 48.5 Å². The van der Waals surface area contributed by atoms with E-state index in [-0.39, 0.29) is 23.7 Å². The zero-order chi connectivity index (χ0) is 22.1. The lowest BCUT2D eigenvalue weighted by molar-refractivity contribution is -0.136. The summed E-state index contributed by atoms with van der Waals surface area (Å²) in [7, 11) is 0. The Morgan fingerprint density at radius 2 is 1.88 bits per heavy atom. The van der Waals surface area contributed by atoms with Gasteiger partial charge < -0.3 is 9.64 Å². The molecule has 1 atom stereocenters. The number of nitrogens with zero attached hydrogens (tertiary/aromatic N) is 3. The van der Waals surface area contributed by atoms with Crippen LogP contribution in [-0.2, 0) is 9.59 Å². The Kier molecular flexibility index (Phi) is 5.83. The molecule has 32 heavy (non-hydrogen) atoms. The lowest BCUT2D eigenvalue weighted by Crippen LogP contribution is -2.46. The average molecular weight is 450 g/mol. The molecule has 0 N–H and O–H groups in total. The number of anilines is 2. The van der Waals surface area contributed by atoms with Crippen LogP contribution in [0, 0.1) is 11.8 Å². The van der Waals surface area contributed by atoms with Crippen molar-refractivity contribution >= 4 is 44.2 Å². The second kappa shape index (κ2) is 8.90. The number of amides is 2. The Labute approximate surface area is 191 Å². The van der Waals surface area contributed by atoms with Gasteiger partial charge in [0.1, 0.15) is 5.75 Å². The summed E-state index contributed by atoms with van der Waals surface area (Å²) in [6.45, 7) is 3.78. The number of benzene rings is 2. The molecule has 7 heteroatoms. The molecule has 1 unspecified atom stereocenters. The van der Waals surface area contributed by atoms with Gasteiger partial charge in [-0.05, 0) is 69.0 Å². The van der Waals surface area contributed by atoms with E-state index in [9.17, 15) is 9.59 Å². The van der Waals surface area contributed by atoms with Crippen LogP contribution in [0.25, 0.3) is 10.2 Å². The molecule has 0 radical (unpaired) electrons. The van der Waals surface area contributed by atoms with Crippen LogP contribution < -0.4 is 9.64 Å². The average Bonchev–Trinajstić information content (AvgIpc) is 3.59. The highest BCUT2D eigenvalue weighted by Gasteiger charge is 2.38. The van der Waals surface area contributed by atoms with E-state index < -0.39 is 0 Å². The number of hydrogen-bond donors (Lipinski definition) is 0. The maximum atomic E-state index is 13.9. The molecule has 1 aliphatic carbocycles. The third-order valence-corrected chi connectivity index (χ3v) is 7.13. The Morgan fingerprint density at radius 3 is 2.59 bits per heavy atom. The fourth-order valence-corrected chi connectivity index (χ4v) is 5.29. The number of para-hydroxylation sites is 1. The van der Waals surface area contributed by atoms with Gasteiger partial charge in [-0.25, -0.2) is 4.98 Å². The first-order valence-electron chi connectivity index (χ1n) is 11.3. The molecule has 5 rings (SSSR count). The zero-order valence-corrected chi connectivity index (χ0v) is 19.0. The van der Waals surface area contributed by atoms with Crippen LogP contribution in [0.15, 0.2) is 48.5 Å². The van der Waals surface area contributed by atoms with E-state index in [1.807, 2.05) is 60.4 Å². The van der Waals surface area contributed by atoms with Crippen LogP contribution >= 0.6 is 11.3 Å². The first-order valence-corrected chi connectivity index (χ1v) is 12.2. The van der Waals surface area contributed by atoms with Gasteiger partial charge in [0.2, 0.25) is 11.8 Å². The van der Waals surface area contributed by atoms with Crippen molar-refractivity contribution in [1.29, 1.82) is 0 Å². The summed E-state index contributed by atoms with van der Waals surface area (Å²) in [6, 6.07) is 15.5. The monoisotopic (exact) mass is 449 g/mol. The Balaban J connectivity index is 1.47. The molecule has 0 spiro atoms. The topological polar surface area (TPSA) is 62.7 Å². The third kappa shape index (κ3) is 4.21. The van der Waals surface area contributed by atoms with Crippen LogP contribution in [0.2, 0.25) is 0 Å². The standard InChI is InChI=1S/C25H27N3O3S/c1-2-31-20-13-11-19(12-14-20)28(25-26-21-7-3-4-8-22(21)32-25)24(30)18-6-5-15-27(16-18)23(29)17-9-10-17/h3-4,7-8,11-14,17-18H,2,5-6,9-10,15-16H2,1H3. The van der Waals surface area contributed by atoms with Gasteiger partial charge in [-0.2, -0.15) is 0 Å². The molecule has 1 saturated heterocycles. The highest BCUT2D eigenvalue weighted by molar-refractivity contribution is 7.22. The molecule has 1 aliphatic heterocycles. The molecule has 3 aromatic rings. The molecule has 166 valence electrons. The van der Waals surface area contributed by atoms with E-state index in [4.69, 9.17) is 9.72 Å². The fraction of sp³-hybridized carbons (Fsp3) is 0.400. The number of carbonyl (C=O) groups is 2. The molecular formula is C25H27N3O3S. The number of carbonyl (C=O) groups excluding carboxylic acids is 2. The molecule has 2 aromatic carbocycles. The van der Waals surface area contributed by atoms with Crippen LogP contribution in [0.4, 0.5) is 10.8 Å². The quantitative estimate of drug-likeness (QED) is 0.531. The lowest BCUT2D eigenvalue weighted by Gasteiger charge is -2.34. The van der Waals surface area contributed by atoms with Gasteiger partial charge in [-0.3, -0.25) is 14.5 Å². The zero-order valence-electron chi connectivity index (χ0n) is 18.2. The SMILES string of the molecule is CCOc1ccc(N(C(=O)C2CCCN(C(=O)C3CC3)C2)c2nc3ccccc3s2)cc1. The van der Waals surface area contributed by atoms with Gasteiger partial charge in [0.25, 0.3) is 0 Å². The van der Waals surface area contributed by atoms with Gasteiger partial charge >= 0.3 is 0 Å².